The number of para-hydroxylation sites is 1. The summed E-state index contributed by atoms with van der Waals surface area (Å²) in [7, 11) is 0. The maximum atomic E-state index is 6.13. The summed E-state index contributed by atoms with van der Waals surface area (Å²) < 4.78 is 11.5. The number of hydrogen-bond donors (Lipinski definition) is 1. The number of rotatable bonds is 7. The molecule has 1 spiro atoms. The third kappa shape index (κ3) is 5.23. The fraction of sp³-hybridized carbons (Fsp3) is 0.696. The van der Waals surface area contributed by atoms with E-state index in [1.165, 1.54) is 25.7 Å². The summed E-state index contributed by atoms with van der Waals surface area (Å²) in [6.07, 6.45) is 5.50. The Morgan fingerprint density at radius 3 is 2.72 bits per heavy atom. The molecule has 0 bridgehead atoms. The van der Waals surface area contributed by atoms with E-state index in [9.17, 15) is 0 Å². The van der Waals surface area contributed by atoms with Crippen molar-refractivity contribution in [2.75, 3.05) is 59.1 Å². The van der Waals surface area contributed by atoms with Crippen LogP contribution in [0, 0.1) is 5.41 Å². The number of nitrogens with zero attached hydrogens (tertiary/aromatic N) is 3. The molecule has 3 fully saturated rings. The van der Waals surface area contributed by atoms with Gasteiger partial charge in [0, 0.05) is 44.8 Å². The zero-order valence-electron chi connectivity index (χ0n) is 17.9. The van der Waals surface area contributed by atoms with E-state index in [4.69, 9.17) is 14.5 Å². The highest BCUT2D eigenvalue weighted by Gasteiger charge is 2.43. The van der Waals surface area contributed by atoms with Crippen molar-refractivity contribution in [1.82, 2.24) is 15.1 Å². The van der Waals surface area contributed by atoms with Gasteiger partial charge < -0.3 is 19.7 Å². The Labute approximate surface area is 175 Å². The lowest BCUT2D eigenvalue weighted by Gasteiger charge is -2.38. The Morgan fingerprint density at radius 1 is 1.17 bits per heavy atom. The first-order valence-electron chi connectivity index (χ1n) is 11.3. The van der Waals surface area contributed by atoms with Crippen molar-refractivity contribution in [2.45, 2.75) is 39.2 Å². The third-order valence-corrected chi connectivity index (χ3v) is 6.63. The molecule has 0 amide bonds. The number of morpholine rings is 1. The molecule has 1 N–H and O–H groups in total. The van der Waals surface area contributed by atoms with Gasteiger partial charge in [-0.2, -0.15) is 0 Å². The predicted molar refractivity (Wildman–Crippen MR) is 116 cm³/mol. The second kappa shape index (κ2) is 9.81. The average molecular weight is 401 g/mol. The minimum atomic E-state index is 0.580. The molecule has 1 aromatic carbocycles. The quantitative estimate of drug-likeness (QED) is 0.563. The Bertz CT molecular complexity index is 683. The van der Waals surface area contributed by atoms with Crippen LogP contribution in [0.15, 0.2) is 29.3 Å². The van der Waals surface area contributed by atoms with Crippen LogP contribution in [0.25, 0.3) is 0 Å². The summed E-state index contributed by atoms with van der Waals surface area (Å²) in [5.41, 5.74) is 1.74. The van der Waals surface area contributed by atoms with Gasteiger partial charge >= 0.3 is 0 Å². The summed E-state index contributed by atoms with van der Waals surface area (Å²) in [6.45, 7) is 11.3. The molecule has 0 radical (unpaired) electrons. The number of aliphatic imine (C=N–C) groups is 1. The van der Waals surface area contributed by atoms with Crippen molar-refractivity contribution >= 4 is 5.96 Å². The van der Waals surface area contributed by atoms with Crippen LogP contribution >= 0.6 is 0 Å². The zero-order valence-corrected chi connectivity index (χ0v) is 17.9. The van der Waals surface area contributed by atoms with Crippen molar-refractivity contribution < 1.29 is 9.47 Å². The molecule has 2 aliphatic heterocycles. The van der Waals surface area contributed by atoms with Crippen LogP contribution in [0.1, 0.15) is 38.2 Å². The van der Waals surface area contributed by atoms with Gasteiger partial charge in [-0.25, -0.2) is 4.99 Å². The van der Waals surface area contributed by atoms with Crippen molar-refractivity contribution in [3.8, 4) is 5.75 Å². The molecule has 0 aromatic heterocycles. The molecule has 2 heterocycles. The van der Waals surface area contributed by atoms with Gasteiger partial charge in [-0.05, 0) is 37.7 Å². The second-order valence-electron chi connectivity index (χ2n) is 8.61. The Morgan fingerprint density at radius 2 is 2.00 bits per heavy atom. The number of likely N-dealkylation sites (tertiary alicyclic amines) is 1. The highest BCUT2D eigenvalue weighted by molar-refractivity contribution is 5.80. The molecule has 6 nitrogen and oxygen atoms in total. The van der Waals surface area contributed by atoms with Crippen LogP contribution in [0.4, 0.5) is 0 Å². The van der Waals surface area contributed by atoms with Crippen LogP contribution in [-0.4, -0.2) is 74.8 Å². The van der Waals surface area contributed by atoms with E-state index >= 15 is 0 Å². The van der Waals surface area contributed by atoms with Gasteiger partial charge in [-0.1, -0.05) is 24.6 Å². The summed E-state index contributed by atoms with van der Waals surface area (Å²) in [5, 5.41) is 3.50. The molecule has 29 heavy (non-hydrogen) atoms. The first-order chi connectivity index (χ1) is 14.3. The van der Waals surface area contributed by atoms with Crippen molar-refractivity contribution in [1.29, 1.82) is 0 Å². The van der Waals surface area contributed by atoms with Gasteiger partial charge in [-0.3, -0.25) is 4.90 Å². The fourth-order valence-electron chi connectivity index (χ4n) is 4.67. The molecule has 1 aromatic rings. The predicted octanol–water partition coefficient (Wildman–Crippen LogP) is 2.74. The maximum absolute atomic E-state index is 6.13. The van der Waals surface area contributed by atoms with E-state index < -0.39 is 0 Å². The molecule has 2 saturated heterocycles. The van der Waals surface area contributed by atoms with Gasteiger partial charge in [0.25, 0.3) is 0 Å². The van der Waals surface area contributed by atoms with E-state index in [1.807, 2.05) is 6.07 Å². The normalized spacial score (nSPS) is 22.0. The Balaban J connectivity index is 1.34. The second-order valence-corrected chi connectivity index (χ2v) is 8.61. The number of guanidine groups is 1. The van der Waals surface area contributed by atoms with E-state index in [1.54, 1.807) is 0 Å². The monoisotopic (exact) mass is 400 g/mol. The van der Waals surface area contributed by atoms with Crippen LogP contribution < -0.4 is 10.1 Å². The molecular formula is C23H36N4O2. The number of hydrogen-bond acceptors (Lipinski definition) is 4. The summed E-state index contributed by atoms with van der Waals surface area (Å²) in [5.74, 6) is 2.01. The summed E-state index contributed by atoms with van der Waals surface area (Å²) >= 11 is 0. The molecule has 0 unspecified atom stereocenters. The van der Waals surface area contributed by atoms with E-state index in [0.717, 1.165) is 69.8 Å². The third-order valence-electron chi connectivity index (χ3n) is 6.63. The average Bonchev–Trinajstić information content (AvgIpc) is 3.19. The zero-order chi connectivity index (χ0) is 19.9. The highest BCUT2D eigenvalue weighted by atomic mass is 16.5. The molecule has 4 rings (SSSR count). The van der Waals surface area contributed by atoms with Gasteiger partial charge in [0.05, 0.1) is 19.8 Å². The van der Waals surface area contributed by atoms with E-state index in [0.29, 0.717) is 18.6 Å². The van der Waals surface area contributed by atoms with Crippen molar-refractivity contribution in [2.24, 2.45) is 10.4 Å². The van der Waals surface area contributed by atoms with Crippen molar-refractivity contribution in [3.63, 3.8) is 0 Å². The van der Waals surface area contributed by atoms with E-state index in [-0.39, 0.29) is 0 Å². The lowest BCUT2D eigenvalue weighted by Crippen LogP contribution is -2.42. The SMILES string of the molecule is CCNC(=NCc1ccccc1OCCN1CCOCC1)N1CCC2(CCC2)C1. The molecular weight excluding hydrogens is 364 g/mol. The van der Waals surface area contributed by atoms with Crippen molar-refractivity contribution in [3.05, 3.63) is 29.8 Å². The van der Waals surface area contributed by atoms with E-state index in [2.05, 4.69) is 40.2 Å². The summed E-state index contributed by atoms with van der Waals surface area (Å²) in [4.78, 5) is 9.84. The number of nitrogens with one attached hydrogen (secondary N) is 1. The molecule has 3 aliphatic rings. The van der Waals surface area contributed by atoms with Gasteiger partial charge in [-0.15, -0.1) is 0 Å². The van der Waals surface area contributed by atoms with Gasteiger partial charge in [0.2, 0.25) is 0 Å². The summed E-state index contributed by atoms with van der Waals surface area (Å²) in [6, 6.07) is 8.32. The number of benzene rings is 1. The number of ether oxygens (including phenoxy) is 2. The van der Waals surface area contributed by atoms with Gasteiger partial charge in [0.15, 0.2) is 5.96 Å². The lowest BCUT2D eigenvalue weighted by atomic mass is 9.68. The topological polar surface area (TPSA) is 49.3 Å². The minimum absolute atomic E-state index is 0.580. The smallest absolute Gasteiger partial charge is 0.194 e. The molecule has 160 valence electrons. The fourth-order valence-corrected chi connectivity index (χ4v) is 4.67. The maximum Gasteiger partial charge on any atom is 0.194 e. The van der Waals surface area contributed by atoms with Crippen LogP contribution in [0.5, 0.6) is 5.75 Å². The minimum Gasteiger partial charge on any atom is -0.492 e. The standard InChI is InChI=1S/C23H36N4O2/c1-2-24-22(27-11-10-23(19-27)8-5-9-23)25-18-20-6-3-4-7-21(20)29-17-14-26-12-15-28-16-13-26/h3-4,6-7H,2,5,8-19H2,1H3,(H,24,25). The Kier molecular flexibility index (Phi) is 6.93. The lowest BCUT2D eigenvalue weighted by molar-refractivity contribution is 0.0322. The van der Waals surface area contributed by atoms with Crippen LogP contribution in [0.3, 0.4) is 0 Å². The highest BCUT2D eigenvalue weighted by Crippen LogP contribution is 2.47. The molecule has 0 atom stereocenters. The first-order valence-corrected chi connectivity index (χ1v) is 11.3. The Hall–Kier alpha value is -1.79. The largest absolute Gasteiger partial charge is 0.492 e. The molecule has 1 saturated carbocycles. The van der Waals surface area contributed by atoms with Gasteiger partial charge in [0.1, 0.15) is 12.4 Å². The first kappa shape index (κ1) is 20.5. The van der Waals surface area contributed by atoms with Crippen LogP contribution in [-0.2, 0) is 11.3 Å². The molecule has 6 heteroatoms. The molecule has 1 aliphatic carbocycles. The van der Waals surface area contributed by atoms with Crippen LogP contribution in [0.2, 0.25) is 0 Å².